The van der Waals surface area contributed by atoms with Gasteiger partial charge in [0.25, 0.3) is 0 Å². The van der Waals surface area contributed by atoms with E-state index in [0.29, 0.717) is 6.04 Å². The highest BCUT2D eigenvalue weighted by molar-refractivity contribution is 5.15. The molecule has 1 heterocycles. The molecule has 0 radical (unpaired) electrons. The molecule has 1 saturated heterocycles. The van der Waals surface area contributed by atoms with Crippen LogP contribution >= 0.6 is 0 Å². The van der Waals surface area contributed by atoms with Gasteiger partial charge in [-0.05, 0) is 24.9 Å². The molecule has 1 aromatic rings. The Labute approximate surface area is 86.1 Å². The summed E-state index contributed by atoms with van der Waals surface area (Å²) >= 11 is 0. The topological polar surface area (TPSA) is 3.24 Å². The van der Waals surface area contributed by atoms with Gasteiger partial charge in [-0.25, -0.2) is 0 Å². The van der Waals surface area contributed by atoms with Crippen LogP contribution in [0.4, 0.5) is 0 Å². The van der Waals surface area contributed by atoms with Gasteiger partial charge in [-0.15, -0.1) is 6.58 Å². The van der Waals surface area contributed by atoms with Crippen molar-refractivity contribution in [3.8, 4) is 0 Å². The van der Waals surface area contributed by atoms with E-state index in [2.05, 4.69) is 47.9 Å². The fourth-order valence-electron chi connectivity index (χ4n) is 2.13. The van der Waals surface area contributed by atoms with Crippen LogP contribution in [0.3, 0.4) is 0 Å². The van der Waals surface area contributed by atoms with Gasteiger partial charge >= 0.3 is 0 Å². The highest BCUT2D eigenvalue weighted by atomic mass is 15.2. The standard InChI is InChI=1S/C13H17N/c1-2-13-9-6-10-14(13)11-12-7-4-3-5-8-12/h2-5,7-8,13H,1,6,9-11H2/t13-/m0/s1. The molecule has 1 aliphatic heterocycles. The van der Waals surface area contributed by atoms with E-state index >= 15 is 0 Å². The number of benzene rings is 1. The molecule has 74 valence electrons. The predicted octanol–water partition coefficient (Wildman–Crippen LogP) is 2.84. The van der Waals surface area contributed by atoms with Crippen molar-refractivity contribution in [2.24, 2.45) is 0 Å². The molecular weight excluding hydrogens is 170 g/mol. The number of likely N-dealkylation sites (tertiary alicyclic amines) is 1. The van der Waals surface area contributed by atoms with Crippen LogP contribution in [-0.4, -0.2) is 17.5 Å². The average Bonchev–Trinajstić information content (AvgIpc) is 2.67. The van der Waals surface area contributed by atoms with Crippen molar-refractivity contribution < 1.29 is 0 Å². The number of nitrogens with zero attached hydrogens (tertiary/aromatic N) is 1. The first-order valence-corrected chi connectivity index (χ1v) is 5.30. The number of hydrogen-bond acceptors (Lipinski definition) is 1. The van der Waals surface area contributed by atoms with Crippen molar-refractivity contribution in [2.75, 3.05) is 6.54 Å². The largest absolute Gasteiger partial charge is 0.293 e. The molecule has 0 bridgehead atoms. The maximum Gasteiger partial charge on any atom is 0.0279 e. The zero-order valence-corrected chi connectivity index (χ0v) is 8.52. The minimum absolute atomic E-state index is 0.593. The summed E-state index contributed by atoms with van der Waals surface area (Å²) < 4.78 is 0. The average molecular weight is 187 g/mol. The molecular formula is C13H17N. The van der Waals surface area contributed by atoms with E-state index in [4.69, 9.17) is 0 Å². The maximum absolute atomic E-state index is 3.89. The van der Waals surface area contributed by atoms with E-state index in [0.717, 1.165) is 6.54 Å². The lowest BCUT2D eigenvalue weighted by atomic mass is 10.2. The van der Waals surface area contributed by atoms with Gasteiger partial charge in [0.15, 0.2) is 0 Å². The number of hydrogen-bond donors (Lipinski definition) is 0. The summed E-state index contributed by atoms with van der Waals surface area (Å²) in [7, 11) is 0. The Balaban J connectivity index is 2.00. The van der Waals surface area contributed by atoms with Gasteiger partial charge in [-0.3, -0.25) is 4.90 Å². The fraction of sp³-hybridized carbons (Fsp3) is 0.385. The van der Waals surface area contributed by atoms with E-state index in [9.17, 15) is 0 Å². The molecule has 0 N–H and O–H groups in total. The molecule has 1 nitrogen and oxygen atoms in total. The van der Waals surface area contributed by atoms with Crippen LogP contribution in [0.2, 0.25) is 0 Å². The molecule has 0 saturated carbocycles. The van der Waals surface area contributed by atoms with Crippen LogP contribution in [0.5, 0.6) is 0 Å². The Bertz CT molecular complexity index is 291. The van der Waals surface area contributed by atoms with E-state index in [-0.39, 0.29) is 0 Å². The van der Waals surface area contributed by atoms with Gasteiger partial charge in [0.05, 0.1) is 0 Å². The van der Waals surface area contributed by atoms with E-state index in [1.165, 1.54) is 24.9 Å². The molecule has 1 heteroatoms. The molecule has 0 aliphatic carbocycles. The second-order valence-electron chi connectivity index (χ2n) is 3.90. The van der Waals surface area contributed by atoms with Crippen molar-refractivity contribution in [3.63, 3.8) is 0 Å². The quantitative estimate of drug-likeness (QED) is 0.658. The molecule has 14 heavy (non-hydrogen) atoms. The lowest BCUT2D eigenvalue weighted by molar-refractivity contribution is 0.282. The Morgan fingerprint density at radius 3 is 2.86 bits per heavy atom. The Kier molecular flexibility index (Phi) is 3.00. The molecule has 0 spiro atoms. The van der Waals surface area contributed by atoms with Crippen molar-refractivity contribution in [1.29, 1.82) is 0 Å². The first-order chi connectivity index (χ1) is 6.90. The summed E-state index contributed by atoms with van der Waals surface area (Å²) in [6.45, 7) is 6.17. The highest BCUT2D eigenvalue weighted by Gasteiger charge is 2.21. The fourth-order valence-corrected chi connectivity index (χ4v) is 2.13. The lowest BCUT2D eigenvalue weighted by Crippen LogP contribution is -2.26. The van der Waals surface area contributed by atoms with Crippen molar-refractivity contribution >= 4 is 0 Å². The minimum atomic E-state index is 0.593. The Morgan fingerprint density at radius 1 is 1.36 bits per heavy atom. The summed E-state index contributed by atoms with van der Waals surface area (Å²) in [4.78, 5) is 2.50. The van der Waals surface area contributed by atoms with Crippen LogP contribution in [0.1, 0.15) is 18.4 Å². The van der Waals surface area contributed by atoms with Crippen molar-refractivity contribution in [2.45, 2.75) is 25.4 Å². The molecule has 0 aromatic heterocycles. The summed E-state index contributed by atoms with van der Waals surface area (Å²) in [6, 6.07) is 11.3. The minimum Gasteiger partial charge on any atom is -0.293 e. The number of rotatable bonds is 3. The second kappa shape index (κ2) is 4.43. The molecule has 0 amide bonds. The summed E-state index contributed by atoms with van der Waals surface area (Å²) in [5, 5.41) is 0. The first kappa shape index (κ1) is 9.47. The highest BCUT2D eigenvalue weighted by Crippen LogP contribution is 2.20. The third kappa shape index (κ3) is 2.05. The normalized spacial score (nSPS) is 22.4. The second-order valence-corrected chi connectivity index (χ2v) is 3.90. The zero-order valence-electron chi connectivity index (χ0n) is 8.52. The molecule has 1 atom stereocenters. The van der Waals surface area contributed by atoms with Crippen LogP contribution < -0.4 is 0 Å². The van der Waals surface area contributed by atoms with Crippen LogP contribution in [0.15, 0.2) is 43.0 Å². The Morgan fingerprint density at radius 2 is 2.14 bits per heavy atom. The molecule has 2 rings (SSSR count). The monoisotopic (exact) mass is 187 g/mol. The molecule has 1 aliphatic rings. The smallest absolute Gasteiger partial charge is 0.0279 e. The SMILES string of the molecule is C=C[C@H]1CCCN1Cc1ccccc1. The third-order valence-corrected chi connectivity index (χ3v) is 2.91. The summed E-state index contributed by atoms with van der Waals surface area (Å²) in [6.07, 6.45) is 4.66. The maximum atomic E-state index is 3.89. The van der Waals surface area contributed by atoms with Crippen LogP contribution in [0.25, 0.3) is 0 Å². The summed E-state index contributed by atoms with van der Waals surface area (Å²) in [5.41, 5.74) is 1.40. The van der Waals surface area contributed by atoms with Crippen molar-refractivity contribution in [3.05, 3.63) is 48.6 Å². The predicted molar refractivity (Wildman–Crippen MR) is 60.1 cm³/mol. The van der Waals surface area contributed by atoms with E-state index < -0.39 is 0 Å². The van der Waals surface area contributed by atoms with Gasteiger partial charge in [-0.2, -0.15) is 0 Å². The first-order valence-electron chi connectivity index (χ1n) is 5.30. The molecule has 1 fully saturated rings. The van der Waals surface area contributed by atoms with E-state index in [1.54, 1.807) is 0 Å². The molecule has 1 aromatic carbocycles. The zero-order chi connectivity index (χ0) is 9.80. The molecule has 0 unspecified atom stereocenters. The van der Waals surface area contributed by atoms with Gasteiger partial charge in [0.2, 0.25) is 0 Å². The van der Waals surface area contributed by atoms with Crippen molar-refractivity contribution in [1.82, 2.24) is 4.90 Å². The van der Waals surface area contributed by atoms with Gasteiger partial charge in [0.1, 0.15) is 0 Å². The summed E-state index contributed by atoms with van der Waals surface area (Å²) in [5.74, 6) is 0. The third-order valence-electron chi connectivity index (χ3n) is 2.91. The van der Waals surface area contributed by atoms with Crippen LogP contribution in [-0.2, 0) is 6.54 Å². The lowest BCUT2D eigenvalue weighted by Gasteiger charge is -2.21. The van der Waals surface area contributed by atoms with Gasteiger partial charge < -0.3 is 0 Å². The van der Waals surface area contributed by atoms with Gasteiger partial charge in [0, 0.05) is 12.6 Å². The van der Waals surface area contributed by atoms with Gasteiger partial charge in [-0.1, -0.05) is 36.4 Å². The Hall–Kier alpha value is -1.08. The van der Waals surface area contributed by atoms with E-state index in [1.807, 2.05) is 0 Å². The van der Waals surface area contributed by atoms with Crippen LogP contribution in [0, 0.1) is 0 Å².